The van der Waals surface area contributed by atoms with Crippen LogP contribution >= 0.6 is 30.2 Å². The van der Waals surface area contributed by atoms with Gasteiger partial charge in [0, 0.05) is 28.0 Å². The van der Waals surface area contributed by atoms with E-state index in [-0.39, 0.29) is 31.1 Å². The molecule has 2 fully saturated rings. The molecular formula is C16H23IN5O5P. The molecule has 12 heteroatoms. The molecule has 0 saturated heterocycles. The number of halogens is 1. The second-order valence-electron chi connectivity index (χ2n) is 7.28. The van der Waals surface area contributed by atoms with Crippen molar-refractivity contribution >= 4 is 47.2 Å². The summed E-state index contributed by atoms with van der Waals surface area (Å²) in [6.45, 7) is 4.00. The maximum absolute atomic E-state index is 13.1. The summed E-state index contributed by atoms with van der Waals surface area (Å²) >= 11 is 1.97. The van der Waals surface area contributed by atoms with Gasteiger partial charge in [0.1, 0.15) is 11.6 Å². The third-order valence-corrected chi connectivity index (χ3v) is 8.50. The standard InChI is InChI=1S/C16H23IN5O5P/c1-3-26-28(25,27-4-2)6-16-5-8(16)10(11(23)12(16)24)22-7-19-9-13(18)20-15(17)21-14(9)22/h7-8,10-12,23-24H,3-6H2,1-2H3,(H2,18,20,21)/t8-,10-,11+,12+,16-/m1/s1. The van der Waals surface area contributed by atoms with E-state index in [0.29, 0.717) is 21.4 Å². The lowest BCUT2D eigenvalue weighted by atomic mass is 10.0. The number of aromatic nitrogens is 4. The molecule has 5 atom stereocenters. The number of hydrogen-bond donors (Lipinski definition) is 3. The zero-order valence-electron chi connectivity index (χ0n) is 15.5. The molecule has 0 bridgehead atoms. The van der Waals surface area contributed by atoms with Crippen LogP contribution < -0.4 is 5.73 Å². The van der Waals surface area contributed by atoms with Crippen molar-refractivity contribution < 1.29 is 23.8 Å². The van der Waals surface area contributed by atoms with Gasteiger partial charge >= 0.3 is 7.60 Å². The van der Waals surface area contributed by atoms with Gasteiger partial charge in [-0.3, -0.25) is 4.57 Å². The molecule has 2 aromatic heterocycles. The Bertz CT molecular complexity index is 947. The Labute approximate surface area is 175 Å². The van der Waals surface area contributed by atoms with E-state index in [9.17, 15) is 14.8 Å². The number of imidazole rings is 1. The number of nitrogens with two attached hydrogens (primary N) is 1. The van der Waals surface area contributed by atoms with Crippen LogP contribution in [0.3, 0.4) is 0 Å². The van der Waals surface area contributed by atoms with Crippen molar-refractivity contribution in [3.05, 3.63) is 10.2 Å². The van der Waals surface area contributed by atoms with Crippen molar-refractivity contribution in [2.75, 3.05) is 25.1 Å². The molecule has 0 radical (unpaired) electrons. The van der Waals surface area contributed by atoms with Gasteiger partial charge in [-0.15, -0.1) is 0 Å². The number of aliphatic hydroxyl groups is 2. The Kier molecular flexibility index (Phi) is 5.20. The van der Waals surface area contributed by atoms with Crippen LogP contribution in [0.2, 0.25) is 0 Å². The first-order chi connectivity index (χ1) is 13.3. The number of fused-ring (bicyclic) bond motifs is 2. The van der Waals surface area contributed by atoms with E-state index in [1.807, 2.05) is 22.6 Å². The average molecular weight is 523 g/mol. The van der Waals surface area contributed by atoms with E-state index < -0.39 is 31.3 Å². The topological polar surface area (TPSA) is 146 Å². The minimum atomic E-state index is -3.37. The molecule has 0 amide bonds. The van der Waals surface area contributed by atoms with Crippen molar-refractivity contribution in [3.8, 4) is 0 Å². The zero-order valence-corrected chi connectivity index (χ0v) is 18.6. The van der Waals surface area contributed by atoms with E-state index in [0.717, 1.165) is 0 Å². The van der Waals surface area contributed by atoms with Crippen LogP contribution in [0.15, 0.2) is 6.33 Å². The fourth-order valence-electron chi connectivity index (χ4n) is 4.56. The molecule has 2 saturated carbocycles. The van der Waals surface area contributed by atoms with Crippen LogP contribution in [0.4, 0.5) is 5.82 Å². The average Bonchev–Trinajstić information content (AvgIpc) is 3.08. The maximum atomic E-state index is 13.1. The molecule has 0 aromatic carbocycles. The number of hydrogen-bond acceptors (Lipinski definition) is 9. The molecule has 28 heavy (non-hydrogen) atoms. The lowest BCUT2D eigenvalue weighted by Gasteiger charge is -2.26. The maximum Gasteiger partial charge on any atom is 0.331 e. The molecule has 4 rings (SSSR count). The summed E-state index contributed by atoms with van der Waals surface area (Å²) in [6, 6.07) is -0.457. The van der Waals surface area contributed by atoms with Crippen LogP contribution in [0.5, 0.6) is 0 Å². The highest BCUT2D eigenvalue weighted by molar-refractivity contribution is 14.1. The zero-order chi connectivity index (χ0) is 20.3. The molecule has 2 heterocycles. The van der Waals surface area contributed by atoms with Crippen LogP contribution in [0.25, 0.3) is 11.2 Å². The van der Waals surface area contributed by atoms with Crippen molar-refractivity contribution in [2.24, 2.45) is 11.3 Å². The fraction of sp³-hybridized carbons (Fsp3) is 0.688. The summed E-state index contributed by atoms with van der Waals surface area (Å²) in [6.07, 6.45) is 0.139. The molecule has 2 aliphatic carbocycles. The lowest BCUT2D eigenvalue weighted by molar-refractivity contribution is -0.0141. The molecule has 4 N–H and O–H groups in total. The normalized spacial score (nSPS) is 32.0. The third-order valence-electron chi connectivity index (χ3n) is 5.73. The van der Waals surface area contributed by atoms with E-state index >= 15 is 0 Å². The molecule has 0 unspecified atom stereocenters. The van der Waals surface area contributed by atoms with Gasteiger partial charge in [-0.25, -0.2) is 15.0 Å². The van der Waals surface area contributed by atoms with Crippen LogP contribution in [0.1, 0.15) is 26.3 Å². The first-order valence-electron chi connectivity index (χ1n) is 9.16. The molecule has 0 spiro atoms. The highest BCUT2D eigenvalue weighted by Gasteiger charge is 2.73. The number of rotatable bonds is 7. The molecule has 10 nitrogen and oxygen atoms in total. The Balaban J connectivity index is 1.69. The highest BCUT2D eigenvalue weighted by atomic mass is 127. The Hall–Kier alpha value is -0.850. The smallest absolute Gasteiger partial charge is 0.331 e. The summed E-state index contributed by atoms with van der Waals surface area (Å²) < 4.78 is 26.1. The van der Waals surface area contributed by atoms with E-state index in [2.05, 4.69) is 15.0 Å². The predicted molar refractivity (Wildman–Crippen MR) is 110 cm³/mol. The van der Waals surface area contributed by atoms with Gasteiger partial charge in [-0.05, 0) is 26.2 Å². The number of nitrogen functional groups attached to an aromatic ring is 1. The second kappa shape index (κ2) is 7.13. The monoisotopic (exact) mass is 523 g/mol. The van der Waals surface area contributed by atoms with Crippen molar-refractivity contribution in [2.45, 2.75) is 38.5 Å². The Morgan fingerprint density at radius 2 is 2.04 bits per heavy atom. The van der Waals surface area contributed by atoms with E-state index in [4.69, 9.17) is 14.8 Å². The molecule has 154 valence electrons. The first kappa shape index (κ1) is 20.4. The minimum absolute atomic E-state index is 0.0718. The summed E-state index contributed by atoms with van der Waals surface area (Å²) in [4.78, 5) is 12.8. The summed E-state index contributed by atoms with van der Waals surface area (Å²) in [7, 11) is -3.37. The van der Waals surface area contributed by atoms with Crippen molar-refractivity contribution in [3.63, 3.8) is 0 Å². The molecular weight excluding hydrogens is 500 g/mol. The SMILES string of the molecule is CCOP(=O)(C[C@]12C[C@@H]1[C@@H](n1cnc3c(N)nc(I)nc31)[C@H](O)[C@@H]2O)OCC. The Morgan fingerprint density at radius 3 is 2.68 bits per heavy atom. The van der Waals surface area contributed by atoms with Gasteiger partial charge in [-0.2, -0.15) is 0 Å². The van der Waals surface area contributed by atoms with E-state index in [1.54, 1.807) is 24.7 Å². The van der Waals surface area contributed by atoms with Gasteiger partial charge in [0.25, 0.3) is 0 Å². The third kappa shape index (κ3) is 3.07. The van der Waals surface area contributed by atoms with Crippen LogP contribution in [-0.2, 0) is 13.6 Å². The summed E-state index contributed by atoms with van der Waals surface area (Å²) in [5.74, 6) is 0.165. The van der Waals surface area contributed by atoms with Gasteiger partial charge < -0.3 is 29.6 Å². The van der Waals surface area contributed by atoms with Gasteiger partial charge in [0.05, 0.1) is 37.8 Å². The van der Waals surface area contributed by atoms with Gasteiger partial charge in [0.2, 0.25) is 0 Å². The number of nitrogens with zero attached hydrogens (tertiary/aromatic N) is 4. The summed E-state index contributed by atoms with van der Waals surface area (Å²) in [5.41, 5.74) is 6.18. The lowest BCUT2D eigenvalue weighted by Crippen LogP contribution is -2.35. The van der Waals surface area contributed by atoms with Gasteiger partial charge in [0.15, 0.2) is 15.3 Å². The molecule has 0 aliphatic heterocycles. The van der Waals surface area contributed by atoms with E-state index in [1.165, 1.54) is 0 Å². The summed E-state index contributed by atoms with van der Waals surface area (Å²) in [5, 5.41) is 21.6. The molecule has 2 aliphatic rings. The van der Waals surface area contributed by atoms with Crippen LogP contribution in [0, 0.1) is 15.2 Å². The fourth-order valence-corrected chi connectivity index (χ4v) is 7.37. The largest absolute Gasteiger partial charge is 0.390 e. The van der Waals surface area contributed by atoms with Crippen LogP contribution in [-0.4, -0.2) is 61.3 Å². The quantitative estimate of drug-likeness (QED) is 0.280. The van der Waals surface area contributed by atoms with Crippen molar-refractivity contribution in [1.82, 2.24) is 19.5 Å². The predicted octanol–water partition coefficient (Wildman–Crippen LogP) is 1.56. The number of anilines is 1. The number of aliphatic hydroxyl groups excluding tert-OH is 2. The Morgan fingerprint density at radius 1 is 1.36 bits per heavy atom. The highest BCUT2D eigenvalue weighted by Crippen LogP contribution is 2.73. The van der Waals surface area contributed by atoms with Gasteiger partial charge in [-0.1, -0.05) is 0 Å². The van der Waals surface area contributed by atoms with Crippen molar-refractivity contribution in [1.29, 1.82) is 0 Å². The molecule has 2 aromatic rings. The second-order valence-corrected chi connectivity index (χ2v) is 10.3. The minimum Gasteiger partial charge on any atom is -0.390 e. The first-order valence-corrected chi connectivity index (χ1v) is 12.0.